The van der Waals surface area contributed by atoms with Gasteiger partial charge >= 0.3 is 0 Å². The quantitative estimate of drug-likeness (QED) is 0.603. The number of rotatable bonds is 5. The highest BCUT2D eigenvalue weighted by Crippen LogP contribution is 2.31. The molecule has 0 saturated carbocycles. The summed E-state index contributed by atoms with van der Waals surface area (Å²) in [5.74, 6) is -0.0927. The van der Waals surface area contributed by atoms with Gasteiger partial charge in [-0.1, -0.05) is 0 Å². The maximum atomic E-state index is 12.9. The lowest BCUT2D eigenvalue weighted by molar-refractivity contribution is 0.102. The van der Waals surface area contributed by atoms with E-state index in [0.717, 1.165) is 10.5 Å². The van der Waals surface area contributed by atoms with Gasteiger partial charge in [0.25, 0.3) is 0 Å². The Bertz CT molecular complexity index is 879. The number of thioether (sulfide) groups is 1. The van der Waals surface area contributed by atoms with Gasteiger partial charge in [-0.05, 0) is 54.4 Å². The molecule has 0 fully saturated rings. The Hall–Kier alpha value is -1.86. The van der Waals surface area contributed by atoms with Crippen molar-refractivity contribution in [2.24, 2.45) is 0 Å². The van der Waals surface area contributed by atoms with Crippen molar-refractivity contribution in [2.45, 2.75) is 11.3 Å². The van der Waals surface area contributed by atoms with Crippen LogP contribution >= 0.6 is 11.8 Å². The summed E-state index contributed by atoms with van der Waals surface area (Å²) < 4.78 is 37.7. The first-order valence-corrected chi connectivity index (χ1v) is 10.2. The zero-order valence-corrected chi connectivity index (χ0v) is 14.7. The Kier molecular flexibility index (Phi) is 4.64. The maximum Gasteiger partial charge on any atom is 0.232 e. The number of fused-ring (bicyclic) bond motifs is 1. The molecule has 0 aliphatic carbocycles. The molecule has 7 heteroatoms. The average molecular weight is 365 g/mol. The summed E-state index contributed by atoms with van der Waals surface area (Å²) >= 11 is 1.35. The van der Waals surface area contributed by atoms with Crippen LogP contribution < -0.4 is 4.31 Å². The second kappa shape index (κ2) is 6.57. The van der Waals surface area contributed by atoms with Crippen molar-refractivity contribution in [3.8, 4) is 0 Å². The number of ketones is 1. The molecule has 1 aliphatic heterocycles. The van der Waals surface area contributed by atoms with Crippen molar-refractivity contribution >= 4 is 33.3 Å². The van der Waals surface area contributed by atoms with Gasteiger partial charge in [-0.2, -0.15) is 0 Å². The van der Waals surface area contributed by atoms with Crippen LogP contribution in [0.25, 0.3) is 0 Å². The van der Waals surface area contributed by atoms with Gasteiger partial charge < -0.3 is 0 Å². The minimum Gasteiger partial charge on any atom is -0.293 e. The minimum atomic E-state index is -3.29. The SMILES string of the molecule is CS(=O)(=O)N1CCc2cc(C(=O)CSc3ccc(F)cc3)ccc21. The molecule has 4 nitrogen and oxygen atoms in total. The predicted octanol–water partition coefficient (Wildman–Crippen LogP) is 3.12. The van der Waals surface area contributed by atoms with Crippen LogP contribution in [0.5, 0.6) is 0 Å². The van der Waals surface area contributed by atoms with E-state index in [2.05, 4.69) is 0 Å². The molecule has 1 heterocycles. The summed E-state index contributed by atoms with van der Waals surface area (Å²) in [6, 6.07) is 11.1. The van der Waals surface area contributed by atoms with Crippen molar-refractivity contribution in [1.82, 2.24) is 0 Å². The van der Waals surface area contributed by atoms with E-state index >= 15 is 0 Å². The van der Waals surface area contributed by atoms with Crippen LogP contribution in [-0.2, 0) is 16.4 Å². The molecule has 0 N–H and O–H groups in total. The first-order valence-electron chi connectivity index (χ1n) is 7.37. The van der Waals surface area contributed by atoms with Crippen LogP contribution in [0.3, 0.4) is 0 Å². The zero-order chi connectivity index (χ0) is 17.3. The smallest absolute Gasteiger partial charge is 0.232 e. The first kappa shape index (κ1) is 17.0. The summed E-state index contributed by atoms with van der Waals surface area (Å²) in [7, 11) is -3.29. The van der Waals surface area contributed by atoms with Gasteiger partial charge in [0.2, 0.25) is 10.0 Å². The van der Waals surface area contributed by atoms with Crippen LogP contribution in [0, 0.1) is 5.82 Å². The Morgan fingerprint density at radius 3 is 2.58 bits per heavy atom. The topological polar surface area (TPSA) is 54.5 Å². The fraction of sp³-hybridized carbons (Fsp3) is 0.235. The number of sulfonamides is 1. The fourth-order valence-electron chi connectivity index (χ4n) is 2.65. The van der Waals surface area contributed by atoms with E-state index in [9.17, 15) is 17.6 Å². The third kappa shape index (κ3) is 3.62. The highest BCUT2D eigenvalue weighted by atomic mass is 32.2. The summed E-state index contributed by atoms with van der Waals surface area (Å²) in [4.78, 5) is 13.2. The van der Waals surface area contributed by atoms with Crippen LogP contribution in [0.15, 0.2) is 47.4 Å². The number of hydrogen-bond donors (Lipinski definition) is 0. The number of carbonyl (C=O) groups excluding carboxylic acids is 1. The fourth-order valence-corrected chi connectivity index (χ4v) is 4.40. The molecule has 0 aromatic heterocycles. The van der Waals surface area contributed by atoms with Crippen LogP contribution in [0.2, 0.25) is 0 Å². The predicted molar refractivity (Wildman–Crippen MR) is 93.8 cm³/mol. The lowest BCUT2D eigenvalue weighted by atomic mass is 10.1. The lowest BCUT2D eigenvalue weighted by Crippen LogP contribution is -2.27. The van der Waals surface area contributed by atoms with E-state index in [1.54, 1.807) is 30.3 Å². The van der Waals surface area contributed by atoms with Crippen LogP contribution in [-0.4, -0.2) is 32.8 Å². The molecule has 2 aromatic rings. The highest BCUT2D eigenvalue weighted by Gasteiger charge is 2.26. The minimum absolute atomic E-state index is 0.0371. The maximum absolute atomic E-state index is 12.9. The molecule has 0 bridgehead atoms. The third-order valence-electron chi connectivity index (χ3n) is 3.84. The van der Waals surface area contributed by atoms with Crippen molar-refractivity contribution < 1.29 is 17.6 Å². The van der Waals surface area contributed by atoms with Crippen molar-refractivity contribution in [2.75, 3.05) is 22.9 Å². The second-order valence-corrected chi connectivity index (χ2v) is 8.55. The molecular weight excluding hydrogens is 349 g/mol. The van der Waals surface area contributed by atoms with Crippen LogP contribution in [0.4, 0.5) is 10.1 Å². The summed E-state index contributed by atoms with van der Waals surface area (Å²) in [6.07, 6.45) is 1.79. The zero-order valence-electron chi connectivity index (χ0n) is 13.0. The van der Waals surface area contributed by atoms with Crippen LogP contribution in [0.1, 0.15) is 15.9 Å². The third-order valence-corrected chi connectivity index (χ3v) is 6.03. The number of anilines is 1. The number of carbonyl (C=O) groups is 1. The number of benzene rings is 2. The normalized spacial score (nSPS) is 13.8. The monoisotopic (exact) mass is 365 g/mol. The molecule has 1 aliphatic rings. The molecule has 0 spiro atoms. The largest absolute Gasteiger partial charge is 0.293 e. The molecule has 24 heavy (non-hydrogen) atoms. The first-order chi connectivity index (χ1) is 11.3. The van der Waals surface area contributed by atoms with Crippen molar-refractivity contribution in [3.05, 3.63) is 59.4 Å². The Balaban J connectivity index is 1.72. The van der Waals surface area contributed by atoms with E-state index in [-0.39, 0.29) is 17.4 Å². The average Bonchev–Trinajstić information content (AvgIpc) is 2.97. The lowest BCUT2D eigenvalue weighted by Gasteiger charge is -2.16. The van der Waals surface area contributed by atoms with Gasteiger partial charge in [0.1, 0.15) is 5.82 Å². The van der Waals surface area contributed by atoms with E-state index in [4.69, 9.17) is 0 Å². The standard InChI is InChI=1S/C17H16FNO3S2/c1-24(21,22)19-9-8-12-10-13(2-7-16(12)19)17(20)11-23-15-5-3-14(18)4-6-15/h2-7,10H,8-9,11H2,1H3. The molecule has 0 unspecified atom stereocenters. The number of halogens is 1. The summed E-state index contributed by atoms with van der Waals surface area (Å²) in [5, 5.41) is 0. The van der Waals surface area contributed by atoms with E-state index < -0.39 is 10.0 Å². The Morgan fingerprint density at radius 2 is 1.92 bits per heavy atom. The molecule has 0 radical (unpaired) electrons. The molecule has 0 atom stereocenters. The molecule has 126 valence electrons. The van der Waals surface area contributed by atoms with E-state index in [1.807, 2.05) is 0 Å². The molecule has 3 rings (SSSR count). The Morgan fingerprint density at radius 1 is 1.21 bits per heavy atom. The van der Waals surface area contributed by atoms with Gasteiger partial charge in [-0.25, -0.2) is 12.8 Å². The van der Waals surface area contributed by atoms with Crippen molar-refractivity contribution in [1.29, 1.82) is 0 Å². The van der Waals surface area contributed by atoms with Gasteiger partial charge in [-0.3, -0.25) is 9.10 Å². The molecule has 0 saturated heterocycles. The van der Waals surface area contributed by atoms with Gasteiger partial charge in [0.05, 0.1) is 17.7 Å². The summed E-state index contributed by atoms with van der Waals surface area (Å²) in [6.45, 7) is 0.413. The summed E-state index contributed by atoms with van der Waals surface area (Å²) in [5.41, 5.74) is 2.09. The van der Waals surface area contributed by atoms with Gasteiger partial charge in [0, 0.05) is 17.0 Å². The number of hydrogen-bond acceptors (Lipinski definition) is 4. The highest BCUT2D eigenvalue weighted by molar-refractivity contribution is 8.00. The van der Waals surface area contributed by atoms with Gasteiger partial charge in [0.15, 0.2) is 5.78 Å². The molecular formula is C17H16FNO3S2. The molecule has 2 aromatic carbocycles. The Labute approximate surface area is 144 Å². The van der Waals surface area contributed by atoms with E-state index in [1.165, 1.54) is 34.5 Å². The van der Waals surface area contributed by atoms with Crippen molar-refractivity contribution in [3.63, 3.8) is 0 Å². The number of nitrogens with zero attached hydrogens (tertiary/aromatic N) is 1. The number of Topliss-reactive ketones (excluding diaryl/α,β-unsaturated/α-hetero) is 1. The molecule has 0 amide bonds. The van der Waals surface area contributed by atoms with E-state index in [0.29, 0.717) is 24.2 Å². The van der Waals surface area contributed by atoms with Gasteiger partial charge in [-0.15, -0.1) is 11.8 Å². The second-order valence-electron chi connectivity index (χ2n) is 5.59.